The number of allylic oxidation sites excluding steroid dienone is 7. The molecule has 250 valence electrons. The first-order valence-electron chi connectivity index (χ1n) is 17.3. The van der Waals surface area contributed by atoms with Crippen LogP contribution in [0.15, 0.2) is 48.6 Å². The van der Waals surface area contributed by atoms with Gasteiger partial charge in [-0.05, 0) is 64.2 Å². The Morgan fingerprint density at radius 2 is 1.05 bits per heavy atom. The van der Waals surface area contributed by atoms with E-state index in [1.165, 1.54) is 70.3 Å². The number of amides is 1. The summed E-state index contributed by atoms with van der Waals surface area (Å²) in [5, 5.41) is 13.1. The number of nitrogens with one attached hydrogen (secondary N) is 1. The standard InChI is InChI=1S/C36H65NO5S/c1-3-5-7-9-11-13-15-16-17-18-19-20-22-24-26-28-30-32-36(39)37-34(33-43(40,41)42)35(38)31-29-27-25-23-21-14-12-10-8-6-4-2/h8,10,16-17,21,23,29,31,34-35,38H,3-7,9,11-15,18-20,22,24-28,30,32-33H2,1-2H3,(H,37,39)(H,40,41,42)/b10-8+,17-16-,23-21+,31-29+. The number of unbranched alkanes of at least 4 members (excludes halogenated alkanes) is 16. The lowest BCUT2D eigenvalue weighted by Gasteiger charge is -2.21. The third-order valence-electron chi connectivity index (χ3n) is 7.44. The summed E-state index contributed by atoms with van der Waals surface area (Å²) >= 11 is 0. The number of carbonyl (C=O) groups excluding carboxylic acids is 1. The van der Waals surface area contributed by atoms with E-state index in [1.807, 2.05) is 0 Å². The summed E-state index contributed by atoms with van der Waals surface area (Å²) in [4.78, 5) is 12.4. The Labute approximate surface area is 265 Å². The molecule has 0 heterocycles. The van der Waals surface area contributed by atoms with Crippen LogP contribution in [0.2, 0.25) is 0 Å². The second kappa shape index (κ2) is 30.3. The Balaban J connectivity index is 4.04. The van der Waals surface area contributed by atoms with Crippen molar-refractivity contribution in [3.63, 3.8) is 0 Å². The van der Waals surface area contributed by atoms with Gasteiger partial charge in [-0.25, -0.2) is 0 Å². The van der Waals surface area contributed by atoms with E-state index in [0.717, 1.165) is 64.2 Å². The highest BCUT2D eigenvalue weighted by Gasteiger charge is 2.24. The number of rotatable bonds is 30. The smallest absolute Gasteiger partial charge is 0.267 e. The Hall–Kier alpha value is -1.70. The fourth-order valence-electron chi connectivity index (χ4n) is 4.83. The zero-order chi connectivity index (χ0) is 31.9. The average Bonchev–Trinajstić information content (AvgIpc) is 2.96. The quantitative estimate of drug-likeness (QED) is 0.0420. The van der Waals surface area contributed by atoms with Gasteiger partial charge in [-0.1, -0.05) is 133 Å². The van der Waals surface area contributed by atoms with Crippen LogP contribution in [0, 0.1) is 0 Å². The first kappa shape index (κ1) is 41.3. The summed E-state index contributed by atoms with van der Waals surface area (Å²) in [5.74, 6) is -1.02. The molecule has 0 aromatic carbocycles. The minimum Gasteiger partial charge on any atom is -0.387 e. The third-order valence-corrected chi connectivity index (χ3v) is 8.22. The number of aliphatic hydroxyl groups is 1. The molecule has 0 aliphatic carbocycles. The van der Waals surface area contributed by atoms with E-state index in [4.69, 9.17) is 0 Å². The highest BCUT2D eigenvalue weighted by atomic mass is 32.2. The van der Waals surface area contributed by atoms with Gasteiger partial charge in [0.1, 0.15) is 0 Å². The van der Waals surface area contributed by atoms with Gasteiger partial charge in [0.05, 0.1) is 17.9 Å². The van der Waals surface area contributed by atoms with E-state index >= 15 is 0 Å². The Morgan fingerprint density at radius 1 is 0.605 bits per heavy atom. The maximum Gasteiger partial charge on any atom is 0.267 e. The van der Waals surface area contributed by atoms with Crippen molar-refractivity contribution < 1.29 is 22.9 Å². The zero-order valence-corrected chi connectivity index (χ0v) is 28.4. The molecule has 0 aromatic heterocycles. The van der Waals surface area contributed by atoms with E-state index in [0.29, 0.717) is 6.42 Å². The van der Waals surface area contributed by atoms with Crippen molar-refractivity contribution in [3.8, 4) is 0 Å². The van der Waals surface area contributed by atoms with Crippen LogP contribution in [0.4, 0.5) is 0 Å². The molecule has 0 saturated carbocycles. The van der Waals surface area contributed by atoms with Crippen molar-refractivity contribution >= 4 is 16.0 Å². The molecule has 0 saturated heterocycles. The molecule has 0 aromatic rings. The highest BCUT2D eigenvalue weighted by molar-refractivity contribution is 7.85. The van der Waals surface area contributed by atoms with Gasteiger partial charge in [-0.15, -0.1) is 0 Å². The zero-order valence-electron chi connectivity index (χ0n) is 27.6. The topological polar surface area (TPSA) is 104 Å². The summed E-state index contributed by atoms with van der Waals surface area (Å²) in [7, 11) is -4.35. The molecule has 0 radical (unpaired) electrons. The van der Waals surface area contributed by atoms with Crippen LogP contribution < -0.4 is 5.32 Å². The lowest BCUT2D eigenvalue weighted by atomic mass is 10.1. The SMILES string of the molecule is CCC/C=C/CC/C=C/CC/C=C/C(O)C(CS(=O)(=O)O)NC(=O)CCCCCCCCC/C=C\CCCCCCCC. The van der Waals surface area contributed by atoms with Gasteiger partial charge in [-0.3, -0.25) is 9.35 Å². The van der Waals surface area contributed by atoms with Crippen molar-refractivity contribution in [2.24, 2.45) is 0 Å². The van der Waals surface area contributed by atoms with Crippen LogP contribution in [0.25, 0.3) is 0 Å². The normalized spacial score (nSPS) is 14.0. The fourth-order valence-corrected chi connectivity index (χ4v) is 5.57. The Bertz CT molecular complexity index is 863. The molecule has 0 bridgehead atoms. The molecule has 0 aliphatic heterocycles. The molecule has 43 heavy (non-hydrogen) atoms. The molecular formula is C36H65NO5S. The summed E-state index contributed by atoms with van der Waals surface area (Å²) < 4.78 is 32.2. The number of hydrogen-bond acceptors (Lipinski definition) is 4. The van der Waals surface area contributed by atoms with E-state index in [9.17, 15) is 22.9 Å². The largest absolute Gasteiger partial charge is 0.387 e. The van der Waals surface area contributed by atoms with Crippen molar-refractivity contribution in [3.05, 3.63) is 48.6 Å². The molecule has 0 fully saturated rings. The maximum atomic E-state index is 12.4. The first-order valence-corrected chi connectivity index (χ1v) is 18.9. The molecule has 2 unspecified atom stereocenters. The monoisotopic (exact) mass is 623 g/mol. The minimum absolute atomic E-state index is 0.278. The number of hydrogen-bond donors (Lipinski definition) is 3. The van der Waals surface area contributed by atoms with Crippen molar-refractivity contribution in [1.82, 2.24) is 5.32 Å². The van der Waals surface area contributed by atoms with Crippen molar-refractivity contribution in [1.29, 1.82) is 0 Å². The van der Waals surface area contributed by atoms with Crippen LogP contribution >= 0.6 is 0 Å². The molecule has 1 amide bonds. The van der Waals surface area contributed by atoms with Gasteiger partial charge in [0.2, 0.25) is 5.91 Å². The van der Waals surface area contributed by atoms with Crippen LogP contribution in [0.1, 0.15) is 155 Å². The molecule has 2 atom stereocenters. The Kier molecular flexibility index (Phi) is 29.1. The summed E-state index contributed by atoms with van der Waals surface area (Å²) in [5.41, 5.74) is 0. The van der Waals surface area contributed by atoms with Gasteiger partial charge in [0.25, 0.3) is 10.1 Å². The second-order valence-electron chi connectivity index (χ2n) is 11.8. The molecule has 0 spiro atoms. The predicted molar refractivity (Wildman–Crippen MR) is 184 cm³/mol. The van der Waals surface area contributed by atoms with Gasteiger partial charge in [0.15, 0.2) is 0 Å². The van der Waals surface area contributed by atoms with E-state index in [1.54, 1.807) is 6.08 Å². The van der Waals surface area contributed by atoms with E-state index in [-0.39, 0.29) is 12.3 Å². The van der Waals surface area contributed by atoms with Gasteiger partial charge >= 0.3 is 0 Å². The molecule has 0 rings (SSSR count). The molecule has 6 nitrogen and oxygen atoms in total. The fraction of sp³-hybridized carbons (Fsp3) is 0.750. The van der Waals surface area contributed by atoms with Gasteiger partial charge in [-0.2, -0.15) is 8.42 Å². The summed E-state index contributed by atoms with van der Waals surface area (Å²) in [6.07, 6.45) is 39.5. The lowest BCUT2D eigenvalue weighted by molar-refractivity contribution is -0.122. The average molecular weight is 624 g/mol. The second-order valence-corrected chi connectivity index (χ2v) is 13.3. The molecular weight excluding hydrogens is 558 g/mol. The van der Waals surface area contributed by atoms with Crippen LogP contribution in [-0.2, 0) is 14.9 Å². The van der Waals surface area contributed by atoms with Crippen LogP contribution in [-0.4, -0.2) is 41.9 Å². The van der Waals surface area contributed by atoms with Crippen molar-refractivity contribution in [2.75, 3.05) is 5.75 Å². The highest BCUT2D eigenvalue weighted by Crippen LogP contribution is 2.12. The van der Waals surface area contributed by atoms with E-state index in [2.05, 4.69) is 55.6 Å². The number of carbonyl (C=O) groups is 1. The van der Waals surface area contributed by atoms with Crippen LogP contribution in [0.5, 0.6) is 0 Å². The molecule has 0 aliphatic rings. The summed E-state index contributed by atoms with van der Waals surface area (Å²) in [6.45, 7) is 4.42. The maximum absolute atomic E-state index is 12.4. The van der Waals surface area contributed by atoms with Gasteiger partial charge < -0.3 is 10.4 Å². The molecule has 7 heteroatoms. The Morgan fingerprint density at radius 3 is 1.56 bits per heavy atom. The summed E-state index contributed by atoms with van der Waals surface area (Å²) in [6, 6.07) is -1.08. The molecule has 3 N–H and O–H groups in total. The van der Waals surface area contributed by atoms with E-state index < -0.39 is 28.0 Å². The number of aliphatic hydroxyl groups excluding tert-OH is 1. The minimum atomic E-state index is -4.35. The third kappa shape index (κ3) is 31.5. The van der Waals surface area contributed by atoms with Crippen molar-refractivity contribution in [2.45, 2.75) is 167 Å². The van der Waals surface area contributed by atoms with Gasteiger partial charge in [0, 0.05) is 6.42 Å². The first-order chi connectivity index (χ1) is 20.8. The predicted octanol–water partition coefficient (Wildman–Crippen LogP) is 9.57. The lowest BCUT2D eigenvalue weighted by Crippen LogP contribution is -2.46. The van der Waals surface area contributed by atoms with Crippen LogP contribution in [0.3, 0.4) is 0 Å².